The van der Waals surface area contributed by atoms with Crippen LogP contribution in [0.25, 0.3) is 0 Å². The molecule has 3 atom stereocenters. The van der Waals surface area contributed by atoms with Crippen LogP contribution in [-0.4, -0.2) is 11.1 Å². The molecule has 1 aliphatic heterocycles. The molecule has 3 aromatic rings. The highest BCUT2D eigenvalue weighted by Gasteiger charge is 2.44. The van der Waals surface area contributed by atoms with Crippen LogP contribution >= 0.6 is 11.6 Å². The fourth-order valence-corrected chi connectivity index (χ4v) is 5.05. The summed E-state index contributed by atoms with van der Waals surface area (Å²) in [6.07, 6.45) is 0.945. The maximum Gasteiger partial charge on any atom is 0.337 e. The molecule has 4 heteroatoms. The molecule has 0 spiro atoms. The van der Waals surface area contributed by atoms with Gasteiger partial charge in [-0.25, -0.2) is 4.79 Å². The van der Waals surface area contributed by atoms with Gasteiger partial charge in [0.25, 0.3) is 0 Å². The fourth-order valence-electron chi connectivity index (χ4n) is 4.80. The lowest BCUT2D eigenvalue weighted by molar-refractivity contribution is 0.0697. The summed E-state index contributed by atoms with van der Waals surface area (Å²) in [7, 11) is 0. The molecule has 134 valence electrons. The number of anilines is 1. The Morgan fingerprint density at radius 1 is 0.926 bits per heavy atom. The Bertz CT molecular complexity index is 1060. The Morgan fingerprint density at radius 2 is 1.63 bits per heavy atom. The fraction of sp³-hybridized carbons (Fsp3) is 0.174. The van der Waals surface area contributed by atoms with Gasteiger partial charge in [0, 0.05) is 10.9 Å². The van der Waals surface area contributed by atoms with Crippen molar-refractivity contribution < 1.29 is 9.90 Å². The molecular formula is C23H18ClNO2. The van der Waals surface area contributed by atoms with E-state index in [0.717, 1.165) is 17.5 Å². The van der Waals surface area contributed by atoms with Gasteiger partial charge >= 0.3 is 5.97 Å². The SMILES string of the molecule is O=C(O)c1cccc2c1N[C@H](c1ccccc1Cl)[C@H]1Cc3ccccc3[C@@H]21. The maximum atomic E-state index is 11.9. The summed E-state index contributed by atoms with van der Waals surface area (Å²) in [5, 5.41) is 14.0. The third-order valence-corrected chi connectivity index (χ3v) is 6.25. The first kappa shape index (κ1) is 16.4. The van der Waals surface area contributed by atoms with Gasteiger partial charge in [-0.05, 0) is 46.7 Å². The van der Waals surface area contributed by atoms with Gasteiger partial charge in [-0.2, -0.15) is 0 Å². The molecule has 1 heterocycles. The van der Waals surface area contributed by atoms with Crippen molar-refractivity contribution in [1.29, 1.82) is 0 Å². The molecule has 0 aromatic heterocycles. The Labute approximate surface area is 162 Å². The van der Waals surface area contributed by atoms with Crippen molar-refractivity contribution in [1.82, 2.24) is 0 Å². The zero-order chi connectivity index (χ0) is 18.5. The van der Waals surface area contributed by atoms with Gasteiger partial charge in [0.05, 0.1) is 17.3 Å². The van der Waals surface area contributed by atoms with Crippen LogP contribution in [0, 0.1) is 5.92 Å². The Kier molecular flexibility index (Phi) is 3.73. The van der Waals surface area contributed by atoms with Crippen molar-refractivity contribution in [2.75, 3.05) is 5.32 Å². The second kappa shape index (κ2) is 6.14. The molecule has 0 saturated heterocycles. The lowest BCUT2D eigenvalue weighted by Crippen LogP contribution is -2.31. The zero-order valence-electron chi connectivity index (χ0n) is 14.5. The Balaban J connectivity index is 1.75. The van der Waals surface area contributed by atoms with Crippen LogP contribution < -0.4 is 5.32 Å². The number of carbonyl (C=O) groups is 1. The minimum atomic E-state index is -0.915. The van der Waals surface area contributed by atoms with Gasteiger partial charge in [-0.1, -0.05) is 66.2 Å². The number of halogens is 1. The predicted octanol–water partition coefficient (Wildman–Crippen LogP) is 5.51. The summed E-state index contributed by atoms with van der Waals surface area (Å²) in [6, 6.07) is 21.9. The molecule has 27 heavy (non-hydrogen) atoms. The van der Waals surface area contributed by atoms with E-state index in [1.807, 2.05) is 30.3 Å². The van der Waals surface area contributed by atoms with Crippen LogP contribution in [0.5, 0.6) is 0 Å². The van der Waals surface area contributed by atoms with Crippen LogP contribution in [0.3, 0.4) is 0 Å². The average molecular weight is 376 g/mol. The minimum Gasteiger partial charge on any atom is -0.478 e. The first-order valence-electron chi connectivity index (χ1n) is 9.10. The van der Waals surface area contributed by atoms with Crippen LogP contribution in [-0.2, 0) is 6.42 Å². The molecule has 0 fully saturated rings. The van der Waals surface area contributed by atoms with Gasteiger partial charge in [0.15, 0.2) is 0 Å². The number of hydrogen-bond acceptors (Lipinski definition) is 2. The van der Waals surface area contributed by atoms with Gasteiger partial charge in [-0.15, -0.1) is 0 Å². The second-order valence-electron chi connectivity index (χ2n) is 7.26. The van der Waals surface area contributed by atoms with E-state index >= 15 is 0 Å². The maximum absolute atomic E-state index is 11.9. The summed E-state index contributed by atoms with van der Waals surface area (Å²) in [4.78, 5) is 11.9. The monoisotopic (exact) mass is 375 g/mol. The molecule has 0 radical (unpaired) electrons. The molecule has 3 nitrogen and oxygen atoms in total. The summed E-state index contributed by atoms with van der Waals surface area (Å²) < 4.78 is 0. The van der Waals surface area contributed by atoms with Crippen molar-refractivity contribution >= 4 is 23.3 Å². The van der Waals surface area contributed by atoms with E-state index in [4.69, 9.17) is 11.6 Å². The molecule has 3 aromatic carbocycles. The summed E-state index contributed by atoms with van der Waals surface area (Å²) in [5.74, 6) is -0.459. The van der Waals surface area contributed by atoms with Gasteiger partial charge in [0.1, 0.15) is 0 Å². The molecule has 2 aliphatic rings. The first-order chi connectivity index (χ1) is 13.1. The molecule has 2 N–H and O–H groups in total. The Morgan fingerprint density at radius 3 is 2.41 bits per heavy atom. The molecule has 0 unspecified atom stereocenters. The van der Waals surface area contributed by atoms with Crippen LogP contribution in [0.15, 0.2) is 66.7 Å². The molecule has 0 bridgehead atoms. The van der Waals surface area contributed by atoms with Crippen molar-refractivity contribution in [3.8, 4) is 0 Å². The van der Waals surface area contributed by atoms with Gasteiger partial charge in [0.2, 0.25) is 0 Å². The van der Waals surface area contributed by atoms with Gasteiger partial charge in [-0.3, -0.25) is 0 Å². The van der Waals surface area contributed by atoms with E-state index in [0.29, 0.717) is 22.2 Å². The molecule has 5 rings (SSSR count). The van der Waals surface area contributed by atoms with E-state index in [9.17, 15) is 9.90 Å². The summed E-state index contributed by atoms with van der Waals surface area (Å²) in [6.45, 7) is 0. The molecule has 0 amide bonds. The van der Waals surface area contributed by atoms with Crippen LogP contribution in [0.2, 0.25) is 5.02 Å². The second-order valence-corrected chi connectivity index (χ2v) is 7.67. The van der Waals surface area contributed by atoms with E-state index in [1.54, 1.807) is 6.07 Å². The number of carboxylic acids is 1. The summed E-state index contributed by atoms with van der Waals surface area (Å²) >= 11 is 6.53. The molecule has 0 saturated carbocycles. The lowest BCUT2D eigenvalue weighted by Gasteiger charge is -2.38. The van der Waals surface area contributed by atoms with Crippen molar-refractivity contribution in [3.05, 3.63) is 99.6 Å². The zero-order valence-corrected chi connectivity index (χ0v) is 15.3. The number of benzene rings is 3. The number of carboxylic acid groups (broad SMARTS) is 1. The van der Waals surface area contributed by atoms with Crippen LogP contribution in [0.1, 0.15) is 44.6 Å². The van der Waals surface area contributed by atoms with Crippen molar-refractivity contribution in [2.24, 2.45) is 5.92 Å². The van der Waals surface area contributed by atoms with E-state index < -0.39 is 5.97 Å². The largest absolute Gasteiger partial charge is 0.478 e. The van der Waals surface area contributed by atoms with Crippen molar-refractivity contribution in [3.63, 3.8) is 0 Å². The standard InChI is InChI=1S/C23H18ClNO2/c24-19-11-4-3-8-15(19)21-18-12-13-6-1-2-7-14(13)20(18)16-9-5-10-17(23(26)27)22(16)25-21/h1-11,18,20-21,25H,12H2,(H,26,27)/t18-,20-,21+/m0/s1. The smallest absolute Gasteiger partial charge is 0.337 e. The van der Waals surface area contributed by atoms with E-state index in [-0.39, 0.29) is 12.0 Å². The molecule has 1 aliphatic carbocycles. The van der Waals surface area contributed by atoms with E-state index in [1.165, 1.54) is 11.1 Å². The van der Waals surface area contributed by atoms with E-state index in [2.05, 4.69) is 35.6 Å². The highest BCUT2D eigenvalue weighted by Crippen LogP contribution is 2.55. The number of para-hydroxylation sites is 1. The van der Waals surface area contributed by atoms with Crippen molar-refractivity contribution in [2.45, 2.75) is 18.4 Å². The third-order valence-electron chi connectivity index (χ3n) is 5.90. The number of fused-ring (bicyclic) bond motifs is 5. The highest BCUT2D eigenvalue weighted by atomic mass is 35.5. The number of hydrogen-bond donors (Lipinski definition) is 2. The first-order valence-corrected chi connectivity index (χ1v) is 9.48. The number of aromatic carboxylic acids is 1. The predicted molar refractivity (Wildman–Crippen MR) is 107 cm³/mol. The highest BCUT2D eigenvalue weighted by molar-refractivity contribution is 6.31. The third kappa shape index (κ3) is 2.46. The normalized spacial score (nSPS) is 22.3. The Hall–Kier alpha value is -2.78. The number of rotatable bonds is 2. The lowest BCUT2D eigenvalue weighted by atomic mass is 9.75. The number of nitrogens with one attached hydrogen (secondary N) is 1. The summed E-state index contributed by atoms with van der Waals surface area (Å²) in [5.41, 5.74) is 5.74. The minimum absolute atomic E-state index is 0.0379. The van der Waals surface area contributed by atoms with Crippen LogP contribution in [0.4, 0.5) is 5.69 Å². The topological polar surface area (TPSA) is 49.3 Å². The van der Waals surface area contributed by atoms with Gasteiger partial charge < -0.3 is 10.4 Å². The quantitative estimate of drug-likeness (QED) is 0.621. The average Bonchev–Trinajstić information content (AvgIpc) is 3.07. The molecular weight excluding hydrogens is 358 g/mol.